The average Bonchev–Trinajstić information content (AvgIpc) is 2.56. The lowest BCUT2D eigenvalue weighted by molar-refractivity contribution is -0.954. The van der Waals surface area contributed by atoms with Crippen molar-refractivity contribution in [3.63, 3.8) is 0 Å². The molecule has 0 aromatic heterocycles. The Morgan fingerprint density at radius 1 is 1.26 bits per heavy atom. The molecule has 2 N–H and O–H groups in total. The van der Waals surface area contributed by atoms with Crippen LogP contribution in [-0.4, -0.2) is 49.5 Å². The molecule has 0 radical (unpaired) electrons. The van der Waals surface area contributed by atoms with Crippen LogP contribution in [0, 0.1) is 0 Å². The molecule has 1 aromatic rings. The zero-order chi connectivity index (χ0) is 16.8. The highest BCUT2D eigenvalue weighted by Gasteiger charge is 2.30. The molecule has 23 heavy (non-hydrogen) atoms. The van der Waals surface area contributed by atoms with Gasteiger partial charge in [0.15, 0.2) is 0 Å². The van der Waals surface area contributed by atoms with Crippen LogP contribution in [-0.2, 0) is 4.74 Å². The van der Waals surface area contributed by atoms with E-state index in [-0.39, 0.29) is 12.6 Å². The van der Waals surface area contributed by atoms with Gasteiger partial charge >= 0.3 is 5.97 Å². The third kappa shape index (κ3) is 4.94. The second-order valence-electron chi connectivity index (χ2n) is 6.49. The van der Waals surface area contributed by atoms with Gasteiger partial charge in [0.2, 0.25) is 0 Å². The molecule has 1 heterocycles. The van der Waals surface area contributed by atoms with E-state index in [1.165, 1.54) is 31.3 Å². The number of rotatable bonds is 6. The van der Waals surface area contributed by atoms with Gasteiger partial charge in [0.1, 0.15) is 25.0 Å². The summed E-state index contributed by atoms with van der Waals surface area (Å²) in [6.45, 7) is 5.48. The van der Waals surface area contributed by atoms with Gasteiger partial charge in [-0.3, -0.25) is 0 Å². The highest BCUT2D eigenvalue weighted by molar-refractivity contribution is 5.89. The van der Waals surface area contributed by atoms with E-state index in [0.717, 1.165) is 0 Å². The average molecular weight is 322 g/mol. The monoisotopic (exact) mass is 322 g/mol. The predicted octanol–water partition coefficient (Wildman–Crippen LogP) is 1.06. The molecule has 1 aliphatic heterocycles. The minimum atomic E-state index is -0.492. The van der Waals surface area contributed by atoms with E-state index in [1.54, 1.807) is 24.3 Å². The quantitative estimate of drug-likeness (QED) is 0.769. The third-order valence-electron chi connectivity index (χ3n) is 4.73. The number of hydrogen-bond acceptors (Lipinski definition) is 4. The predicted molar refractivity (Wildman–Crippen MR) is 87.9 cm³/mol. The Morgan fingerprint density at radius 2 is 1.87 bits per heavy atom. The minimum absolute atomic E-state index is 0.264. The maximum atomic E-state index is 11.4. The molecule has 2 rings (SSSR count). The van der Waals surface area contributed by atoms with Gasteiger partial charge in [-0.05, 0) is 57.4 Å². The van der Waals surface area contributed by atoms with E-state index in [4.69, 9.17) is 4.74 Å². The number of aliphatic hydroxyl groups is 1. The number of aliphatic hydroxyl groups excluding tert-OH is 1. The Kier molecular flexibility index (Phi) is 6.42. The van der Waals surface area contributed by atoms with Gasteiger partial charge in [-0.15, -0.1) is 0 Å². The van der Waals surface area contributed by atoms with Gasteiger partial charge in [0.05, 0.1) is 24.8 Å². The van der Waals surface area contributed by atoms with Gasteiger partial charge in [-0.25, -0.2) is 4.79 Å². The van der Waals surface area contributed by atoms with Gasteiger partial charge < -0.3 is 19.5 Å². The molecule has 1 fully saturated rings. The maximum Gasteiger partial charge on any atom is 0.337 e. The van der Waals surface area contributed by atoms with Crippen molar-refractivity contribution in [2.75, 3.05) is 20.3 Å². The summed E-state index contributed by atoms with van der Waals surface area (Å²) in [5, 5.41) is 10.3. The van der Waals surface area contributed by atoms with Crippen LogP contribution < -0.4 is 9.64 Å². The maximum absolute atomic E-state index is 11.4. The van der Waals surface area contributed by atoms with E-state index in [0.29, 0.717) is 29.9 Å². The number of piperidine rings is 1. The number of carbonyl (C=O) groups excluding carboxylic acids is 1. The van der Waals surface area contributed by atoms with Crippen LogP contribution in [0.4, 0.5) is 0 Å². The van der Waals surface area contributed by atoms with Crippen LogP contribution in [0.15, 0.2) is 24.3 Å². The molecule has 1 aromatic carbocycles. The highest BCUT2D eigenvalue weighted by Crippen LogP contribution is 2.13. The molecular weight excluding hydrogens is 294 g/mol. The Labute approximate surface area is 138 Å². The number of benzene rings is 1. The molecule has 0 spiro atoms. The van der Waals surface area contributed by atoms with Crippen molar-refractivity contribution in [3.8, 4) is 5.75 Å². The van der Waals surface area contributed by atoms with Crippen LogP contribution in [0.25, 0.3) is 0 Å². The van der Waals surface area contributed by atoms with E-state index in [9.17, 15) is 9.90 Å². The summed E-state index contributed by atoms with van der Waals surface area (Å²) in [6, 6.07) is 7.94. The fourth-order valence-electron chi connectivity index (χ4n) is 3.32. The first kappa shape index (κ1) is 17.8. The van der Waals surface area contributed by atoms with Gasteiger partial charge in [0, 0.05) is 0 Å². The second kappa shape index (κ2) is 8.31. The van der Waals surface area contributed by atoms with Gasteiger partial charge in [0.25, 0.3) is 0 Å². The fourth-order valence-corrected chi connectivity index (χ4v) is 3.32. The fraction of sp³-hybridized carbons (Fsp3) is 0.611. The first-order chi connectivity index (χ1) is 11.0. The van der Waals surface area contributed by atoms with Crippen LogP contribution in [0.2, 0.25) is 0 Å². The molecule has 0 saturated carbocycles. The molecule has 0 aliphatic carbocycles. The van der Waals surface area contributed by atoms with Crippen molar-refractivity contribution in [1.82, 2.24) is 0 Å². The topological polar surface area (TPSA) is 60.2 Å². The normalized spacial score (nSPS) is 25.7. The number of carbonyl (C=O) groups is 1. The minimum Gasteiger partial charge on any atom is -0.491 e. The van der Waals surface area contributed by atoms with Gasteiger partial charge in [-0.2, -0.15) is 0 Å². The summed E-state index contributed by atoms with van der Waals surface area (Å²) < 4.78 is 10.3. The van der Waals surface area contributed by atoms with Crippen molar-refractivity contribution in [2.24, 2.45) is 0 Å². The molecular formula is C18H28NO4+. The summed E-state index contributed by atoms with van der Waals surface area (Å²) in [6.07, 6.45) is 3.24. The SMILES string of the molecule is COC(=O)c1ccc(OC[C@@H](O)C[NH+]2[C@H](C)CCC[C@@H]2C)cc1. The van der Waals surface area contributed by atoms with E-state index in [1.807, 2.05) is 0 Å². The molecule has 1 aliphatic rings. The summed E-state index contributed by atoms with van der Waals surface area (Å²) in [4.78, 5) is 12.8. The first-order valence-corrected chi connectivity index (χ1v) is 8.36. The number of ether oxygens (including phenoxy) is 2. The molecule has 0 bridgehead atoms. The number of nitrogens with one attached hydrogen (secondary N) is 1. The van der Waals surface area contributed by atoms with Crippen molar-refractivity contribution < 1.29 is 24.3 Å². The summed E-state index contributed by atoms with van der Waals surface area (Å²) >= 11 is 0. The first-order valence-electron chi connectivity index (χ1n) is 8.36. The number of quaternary nitrogens is 1. The molecule has 1 unspecified atom stereocenters. The Bertz CT molecular complexity index is 492. The Morgan fingerprint density at radius 3 is 2.43 bits per heavy atom. The van der Waals surface area contributed by atoms with Crippen molar-refractivity contribution >= 4 is 5.97 Å². The highest BCUT2D eigenvalue weighted by atomic mass is 16.5. The largest absolute Gasteiger partial charge is 0.491 e. The number of esters is 1. The van der Waals surface area contributed by atoms with Crippen molar-refractivity contribution in [3.05, 3.63) is 29.8 Å². The Hall–Kier alpha value is -1.59. The molecule has 128 valence electrons. The smallest absolute Gasteiger partial charge is 0.337 e. The molecule has 1 saturated heterocycles. The van der Waals surface area contributed by atoms with Crippen molar-refractivity contribution in [2.45, 2.75) is 51.3 Å². The number of hydrogen-bond donors (Lipinski definition) is 2. The van der Waals surface area contributed by atoms with Crippen LogP contribution in [0.1, 0.15) is 43.5 Å². The molecule has 5 heteroatoms. The third-order valence-corrected chi connectivity index (χ3v) is 4.73. The van der Waals surface area contributed by atoms with E-state index in [2.05, 4.69) is 18.6 Å². The second-order valence-corrected chi connectivity index (χ2v) is 6.49. The van der Waals surface area contributed by atoms with Crippen LogP contribution >= 0.6 is 0 Å². The zero-order valence-electron chi connectivity index (χ0n) is 14.2. The standard InChI is InChI=1S/C18H27NO4/c1-13-5-4-6-14(2)19(13)11-16(20)12-23-17-9-7-15(8-10-17)18(21)22-3/h7-10,13-14,16,20H,4-6,11-12H2,1-3H3/p+1/t13-,14+,16-/m0/s1. The van der Waals surface area contributed by atoms with Gasteiger partial charge in [-0.1, -0.05) is 0 Å². The lowest BCUT2D eigenvalue weighted by Gasteiger charge is -2.36. The lowest BCUT2D eigenvalue weighted by atomic mass is 9.97. The molecule has 0 amide bonds. The summed E-state index contributed by atoms with van der Waals surface area (Å²) in [5.41, 5.74) is 0.487. The summed E-state index contributed by atoms with van der Waals surface area (Å²) in [5.74, 6) is 0.278. The number of methoxy groups -OCH3 is 1. The zero-order valence-corrected chi connectivity index (χ0v) is 14.2. The lowest BCUT2D eigenvalue weighted by Crippen LogP contribution is -3.20. The summed E-state index contributed by atoms with van der Waals surface area (Å²) in [7, 11) is 1.36. The van der Waals surface area contributed by atoms with Crippen LogP contribution in [0.5, 0.6) is 5.75 Å². The number of likely N-dealkylation sites (tertiary alicyclic amines) is 1. The van der Waals surface area contributed by atoms with E-state index < -0.39 is 6.10 Å². The Balaban J connectivity index is 1.81. The molecule has 4 atom stereocenters. The van der Waals surface area contributed by atoms with Crippen molar-refractivity contribution in [1.29, 1.82) is 0 Å². The molecule has 5 nitrogen and oxygen atoms in total. The van der Waals surface area contributed by atoms with Crippen LogP contribution in [0.3, 0.4) is 0 Å². The van der Waals surface area contributed by atoms with E-state index >= 15 is 0 Å².